The number of rotatable bonds is 5. The summed E-state index contributed by atoms with van der Waals surface area (Å²) in [5.74, 6) is 2.45. The second kappa shape index (κ2) is 13.3. The maximum atomic E-state index is 6.35. The summed E-state index contributed by atoms with van der Waals surface area (Å²) in [6.45, 7) is 0. The molecule has 0 saturated heterocycles. The number of benzene rings is 9. The monoisotopic (exact) mass is 797 g/mol. The number of oxazole rings is 1. The van der Waals surface area contributed by atoms with Gasteiger partial charge in [0.15, 0.2) is 23.1 Å². The summed E-state index contributed by atoms with van der Waals surface area (Å²) in [7, 11) is 0. The number of hydrogen-bond acceptors (Lipinski definition) is 6. The third kappa shape index (κ3) is 5.41. The van der Waals surface area contributed by atoms with E-state index in [1.807, 2.05) is 36.4 Å². The molecule has 9 aromatic carbocycles. The van der Waals surface area contributed by atoms with Crippen LogP contribution in [0.5, 0.6) is 0 Å². The fraction of sp³-hybridized carbons (Fsp3) is 0. The van der Waals surface area contributed by atoms with Gasteiger partial charge in [-0.3, -0.25) is 0 Å². The average molecular weight is 798 g/mol. The lowest BCUT2D eigenvalue weighted by Crippen LogP contribution is -2.01. The largest absolute Gasteiger partial charge is 0.436 e. The van der Waals surface area contributed by atoms with Gasteiger partial charge in [0.25, 0.3) is 0 Å². The SMILES string of the molecule is c1ccc(-c2nc3c(ccc4sc5ccc6ccc(-c7nc(-c8ccc(-n9c%10ccccc%10c%10ccccc%109)cc8)nc(-c8ccc9ccccc9c8)n7)cc6c5c43)o2)cc1. The third-order valence-electron chi connectivity index (χ3n) is 11.9. The van der Waals surface area contributed by atoms with Crippen LogP contribution in [0.15, 0.2) is 192 Å². The molecule has 7 heteroatoms. The van der Waals surface area contributed by atoms with Crippen LogP contribution >= 0.6 is 11.3 Å². The molecular weight excluding hydrogens is 767 g/mol. The second-order valence-electron chi connectivity index (χ2n) is 15.4. The summed E-state index contributed by atoms with van der Waals surface area (Å²) < 4.78 is 11.0. The number of fused-ring (bicyclic) bond motifs is 11. The summed E-state index contributed by atoms with van der Waals surface area (Å²) in [5.41, 5.74) is 8.74. The minimum atomic E-state index is 0.607. The highest BCUT2D eigenvalue weighted by atomic mass is 32.1. The molecule has 0 aliphatic carbocycles. The highest BCUT2D eigenvalue weighted by Gasteiger charge is 2.19. The van der Waals surface area contributed by atoms with E-state index in [2.05, 4.69) is 156 Å². The molecule has 0 amide bonds. The summed E-state index contributed by atoms with van der Waals surface area (Å²) in [4.78, 5) is 20.7. The highest BCUT2D eigenvalue weighted by molar-refractivity contribution is 7.26. The first-order chi connectivity index (χ1) is 30.2. The van der Waals surface area contributed by atoms with Crippen LogP contribution < -0.4 is 0 Å². The zero-order chi connectivity index (χ0) is 40.0. The molecule has 0 fully saturated rings. The maximum Gasteiger partial charge on any atom is 0.227 e. The third-order valence-corrected chi connectivity index (χ3v) is 13.0. The predicted octanol–water partition coefficient (Wildman–Crippen LogP) is 14.5. The molecule has 0 atom stereocenters. The van der Waals surface area contributed by atoms with Crippen molar-refractivity contribution in [1.29, 1.82) is 0 Å². The molecular formula is C54H31N5OS. The number of nitrogens with zero attached hydrogens (tertiary/aromatic N) is 5. The second-order valence-corrected chi connectivity index (χ2v) is 16.5. The van der Waals surface area contributed by atoms with Gasteiger partial charge in [-0.25, -0.2) is 19.9 Å². The Bertz CT molecular complexity index is 3830. The van der Waals surface area contributed by atoms with Gasteiger partial charge in [0, 0.05) is 58.9 Å². The van der Waals surface area contributed by atoms with E-state index in [1.165, 1.54) is 36.6 Å². The van der Waals surface area contributed by atoms with Crippen LogP contribution in [0, 0.1) is 0 Å². The van der Waals surface area contributed by atoms with Gasteiger partial charge in [-0.2, -0.15) is 0 Å². The lowest BCUT2D eigenvalue weighted by atomic mass is 10.0. The number of hydrogen-bond donors (Lipinski definition) is 0. The number of aromatic nitrogens is 5. The van der Waals surface area contributed by atoms with Crippen LogP contribution in [-0.2, 0) is 0 Å². The Morgan fingerprint density at radius 3 is 1.72 bits per heavy atom. The first-order valence-electron chi connectivity index (χ1n) is 20.3. The quantitative estimate of drug-likeness (QED) is 0.173. The Kier molecular flexibility index (Phi) is 7.37. The van der Waals surface area contributed by atoms with E-state index in [-0.39, 0.29) is 0 Å². The van der Waals surface area contributed by atoms with Gasteiger partial charge in [0.05, 0.1) is 11.0 Å². The fourth-order valence-corrected chi connectivity index (χ4v) is 10.1. The van der Waals surface area contributed by atoms with Crippen LogP contribution in [0.3, 0.4) is 0 Å². The molecule has 4 heterocycles. The summed E-state index contributed by atoms with van der Waals surface area (Å²) in [5, 5.41) is 9.26. The molecule has 284 valence electrons. The molecule has 13 rings (SSSR count). The maximum absolute atomic E-state index is 6.35. The van der Waals surface area contributed by atoms with E-state index < -0.39 is 0 Å². The van der Waals surface area contributed by atoms with Gasteiger partial charge >= 0.3 is 0 Å². The zero-order valence-corrected chi connectivity index (χ0v) is 33.3. The van der Waals surface area contributed by atoms with Crippen LogP contribution in [-0.4, -0.2) is 24.5 Å². The van der Waals surface area contributed by atoms with Crippen molar-refractivity contribution in [2.24, 2.45) is 0 Å². The Hall–Kier alpha value is -8.00. The standard InChI is InChI=1S/C54H31N5OS/c1-2-11-35(12-3-1)54-55-50-45(60-54)27-29-47-49(50)48-42-31-38(21-19-33(42)24-28-46(48)61-47)53-57-51(56-52(58-53)37-20-18-32-10-4-5-13-36(32)30-37)34-22-25-39(26-23-34)59-43-16-8-6-14-40(43)41-15-7-9-17-44(41)59/h1-31H. The van der Waals surface area contributed by atoms with Crippen molar-refractivity contribution in [3.63, 3.8) is 0 Å². The van der Waals surface area contributed by atoms with E-state index in [1.54, 1.807) is 11.3 Å². The molecule has 61 heavy (non-hydrogen) atoms. The molecule has 0 N–H and O–H groups in total. The van der Waals surface area contributed by atoms with Crippen LogP contribution in [0.2, 0.25) is 0 Å². The molecule has 0 radical (unpaired) electrons. The predicted molar refractivity (Wildman–Crippen MR) is 251 cm³/mol. The smallest absolute Gasteiger partial charge is 0.227 e. The van der Waals surface area contributed by atoms with E-state index in [9.17, 15) is 0 Å². The van der Waals surface area contributed by atoms with Gasteiger partial charge < -0.3 is 8.98 Å². The van der Waals surface area contributed by atoms with E-state index in [4.69, 9.17) is 24.4 Å². The molecule has 0 unspecified atom stereocenters. The van der Waals surface area contributed by atoms with Gasteiger partial charge in [-0.15, -0.1) is 11.3 Å². The zero-order valence-electron chi connectivity index (χ0n) is 32.5. The first kappa shape index (κ1) is 33.9. The molecule has 0 aliphatic rings. The first-order valence-corrected chi connectivity index (χ1v) is 21.1. The normalized spacial score (nSPS) is 11.9. The van der Waals surface area contributed by atoms with Gasteiger partial charge in [-0.05, 0) is 100 Å². The molecule has 0 aliphatic heterocycles. The molecule has 0 saturated carbocycles. The van der Waals surface area contributed by atoms with Crippen LogP contribution in [0.25, 0.3) is 126 Å². The van der Waals surface area contributed by atoms with Crippen molar-refractivity contribution in [3.05, 3.63) is 188 Å². The minimum absolute atomic E-state index is 0.607. The van der Waals surface area contributed by atoms with Crippen LogP contribution in [0.4, 0.5) is 0 Å². The van der Waals surface area contributed by atoms with Crippen molar-refractivity contribution < 1.29 is 4.42 Å². The lowest BCUT2D eigenvalue weighted by molar-refractivity contribution is 0.620. The van der Waals surface area contributed by atoms with Crippen molar-refractivity contribution in [2.75, 3.05) is 0 Å². The summed E-state index contributed by atoms with van der Waals surface area (Å²) >= 11 is 1.77. The molecule has 0 spiro atoms. The average Bonchev–Trinajstić information content (AvgIpc) is 4.04. The molecule has 0 bridgehead atoms. The van der Waals surface area contributed by atoms with Gasteiger partial charge in [0.2, 0.25) is 5.89 Å². The van der Waals surface area contributed by atoms with Gasteiger partial charge in [0.1, 0.15) is 5.52 Å². The van der Waals surface area contributed by atoms with Crippen LogP contribution in [0.1, 0.15) is 0 Å². The van der Waals surface area contributed by atoms with Crippen molar-refractivity contribution in [1.82, 2.24) is 24.5 Å². The Balaban J connectivity index is 0.992. The highest BCUT2D eigenvalue weighted by Crippen LogP contribution is 2.43. The molecule has 4 aromatic heterocycles. The minimum Gasteiger partial charge on any atom is -0.436 e. The van der Waals surface area contributed by atoms with Crippen molar-refractivity contribution in [2.45, 2.75) is 0 Å². The Morgan fingerprint density at radius 2 is 0.967 bits per heavy atom. The summed E-state index contributed by atoms with van der Waals surface area (Å²) in [6.07, 6.45) is 0. The summed E-state index contributed by atoms with van der Waals surface area (Å²) in [6, 6.07) is 65.7. The number of thiophene rings is 1. The molecule has 6 nitrogen and oxygen atoms in total. The van der Waals surface area contributed by atoms with Crippen molar-refractivity contribution in [3.8, 4) is 51.3 Å². The lowest BCUT2D eigenvalue weighted by Gasteiger charge is -2.11. The Morgan fingerprint density at radius 1 is 0.393 bits per heavy atom. The van der Waals surface area contributed by atoms with E-state index in [0.29, 0.717) is 23.4 Å². The van der Waals surface area contributed by atoms with E-state index in [0.717, 1.165) is 66.0 Å². The van der Waals surface area contributed by atoms with E-state index >= 15 is 0 Å². The topological polar surface area (TPSA) is 69.6 Å². The fourth-order valence-electron chi connectivity index (χ4n) is 8.96. The van der Waals surface area contributed by atoms with Gasteiger partial charge in [-0.1, -0.05) is 109 Å². The Labute approximate surface area is 352 Å². The van der Waals surface area contributed by atoms with Crippen molar-refractivity contribution >= 4 is 86.0 Å². The number of para-hydroxylation sites is 2. The molecule has 13 aromatic rings.